The lowest BCUT2D eigenvalue weighted by atomic mass is 10.3. The molecule has 0 radical (unpaired) electrons. The molecule has 1 aromatic heterocycles. The van der Waals surface area contributed by atoms with Crippen LogP contribution in [-0.4, -0.2) is 19.0 Å². The summed E-state index contributed by atoms with van der Waals surface area (Å²) >= 11 is 1.22. The second kappa shape index (κ2) is 2.92. The summed E-state index contributed by atoms with van der Waals surface area (Å²) in [5, 5.41) is 0.514. The number of nitrogen functional groups attached to an aromatic ring is 1. The number of fused-ring (bicyclic) bond motifs is 1. The van der Waals surface area contributed by atoms with Gasteiger partial charge in [-0.2, -0.15) is 0 Å². The van der Waals surface area contributed by atoms with Crippen LogP contribution in [0.2, 0.25) is 0 Å². The van der Waals surface area contributed by atoms with Gasteiger partial charge in [0, 0.05) is 6.92 Å². The number of rotatable bonds is 1. The van der Waals surface area contributed by atoms with E-state index in [2.05, 4.69) is 0 Å². The molecule has 2 heterocycles. The molecule has 0 amide bonds. The largest absolute Gasteiger partial charge is 0.484 e. The van der Waals surface area contributed by atoms with Crippen LogP contribution in [0.25, 0.3) is 0 Å². The van der Waals surface area contributed by atoms with Crippen molar-refractivity contribution in [2.24, 2.45) is 0 Å². The number of nitrogens with two attached hydrogens (primary N) is 1. The molecule has 0 bridgehead atoms. The molecule has 70 valence electrons. The Kier molecular flexibility index (Phi) is 1.88. The van der Waals surface area contributed by atoms with Gasteiger partial charge in [-0.15, -0.1) is 11.3 Å². The van der Waals surface area contributed by atoms with E-state index in [9.17, 15) is 4.79 Å². The van der Waals surface area contributed by atoms with Crippen molar-refractivity contribution in [2.45, 2.75) is 6.92 Å². The van der Waals surface area contributed by atoms with Gasteiger partial charge in [-0.3, -0.25) is 4.79 Å². The van der Waals surface area contributed by atoms with Crippen LogP contribution in [0.4, 0.5) is 5.00 Å². The Hall–Kier alpha value is -1.23. The maximum Gasteiger partial charge on any atom is 0.196 e. The Balaban J connectivity index is 2.53. The van der Waals surface area contributed by atoms with Gasteiger partial charge in [0.25, 0.3) is 0 Å². The van der Waals surface area contributed by atoms with Crippen LogP contribution in [0, 0.1) is 0 Å². The Bertz CT molecular complexity index is 359. The van der Waals surface area contributed by atoms with Gasteiger partial charge in [0.05, 0.1) is 0 Å². The maximum absolute atomic E-state index is 11.1. The molecule has 0 spiro atoms. The summed E-state index contributed by atoms with van der Waals surface area (Å²) in [6.45, 7) is 2.46. The summed E-state index contributed by atoms with van der Waals surface area (Å²) in [7, 11) is 0. The van der Waals surface area contributed by atoms with Crippen LogP contribution in [0.15, 0.2) is 0 Å². The Morgan fingerprint density at radius 1 is 1.38 bits per heavy atom. The Morgan fingerprint density at radius 3 is 2.62 bits per heavy atom. The fourth-order valence-corrected chi connectivity index (χ4v) is 2.06. The molecule has 0 atom stereocenters. The van der Waals surface area contributed by atoms with Crippen molar-refractivity contribution in [3.8, 4) is 11.5 Å². The Labute approximate surface area is 79.3 Å². The average molecular weight is 199 g/mol. The number of ether oxygens (including phenoxy) is 2. The number of ketones is 1. The van der Waals surface area contributed by atoms with Gasteiger partial charge in [-0.05, 0) is 0 Å². The van der Waals surface area contributed by atoms with E-state index in [1.807, 2.05) is 0 Å². The van der Waals surface area contributed by atoms with Gasteiger partial charge in [0.15, 0.2) is 17.3 Å². The third kappa shape index (κ3) is 1.25. The molecule has 2 N–H and O–H groups in total. The first-order valence-electron chi connectivity index (χ1n) is 3.89. The van der Waals surface area contributed by atoms with Gasteiger partial charge in [0.1, 0.15) is 23.1 Å². The molecule has 0 unspecified atom stereocenters. The van der Waals surface area contributed by atoms with Gasteiger partial charge >= 0.3 is 0 Å². The topological polar surface area (TPSA) is 61.6 Å². The monoisotopic (exact) mass is 199 g/mol. The van der Waals surface area contributed by atoms with E-state index < -0.39 is 0 Å². The summed E-state index contributed by atoms with van der Waals surface area (Å²) in [4.78, 5) is 11.7. The molecule has 0 aromatic carbocycles. The van der Waals surface area contributed by atoms with E-state index in [0.717, 1.165) is 0 Å². The number of carbonyl (C=O) groups is 1. The standard InChI is InChI=1S/C8H9NO3S/c1-4(10)7-5-6(8(9)13-7)12-3-2-11-5/h2-3,9H2,1H3. The lowest BCUT2D eigenvalue weighted by Gasteiger charge is -2.15. The number of hydrogen-bond donors (Lipinski definition) is 1. The summed E-state index contributed by atoms with van der Waals surface area (Å²) in [5.74, 6) is 1.01. The molecular formula is C8H9NO3S. The van der Waals surface area contributed by atoms with Crippen molar-refractivity contribution in [2.75, 3.05) is 18.9 Å². The summed E-state index contributed by atoms with van der Waals surface area (Å²) in [6, 6.07) is 0. The smallest absolute Gasteiger partial charge is 0.196 e. The highest BCUT2D eigenvalue weighted by Gasteiger charge is 2.24. The predicted octanol–water partition coefficient (Wildman–Crippen LogP) is 1.30. The van der Waals surface area contributed by atoms with Crippen molar-refractivity contribution in [3.63, 3.8) is 0 Å². The first kappa shape index (κ1) is 8.37. The molecule has 1 aliphatic rings. The number of anilines is 1. The quantitative estimate of drug-likeness (QED) is 0.692. The van der Waals surface area contributed by atoms with E-state index in [-0.39, 0.29) is 5.78 Å². The number of carbonyl (C=O) groups excluding carboxylic acids is 1. The van der Waals surface area contributed by atoms with Crippen molar-refractivity contribution in [3.05, 3.63) is 4.88 Å². The van der Waals surface area contributed by atoms with E-state index >= 15 is 0 Å². The minimum absolute atomic E-state index is 0.0385. The first-order chi connectivity index (χ1) is 6.20. The summed E-state index contributed by atoms with van der Waals surface area (Å²) in [5.41, 5.74) is 5.66. The Morgan fingerprint density at radius 2 is 2.00 bits per heavy atom. The van der Waals surface area contributed by atoms with Crippen LogP contribution in [0.1, 0.15) is 16.6 Å². The molecule has 13 heavy (non-hydrogen) atoms. The highest BCUT2D eigenvalue weighted by Crippen LogP contribution is 2.45. The third-order valence-electron chi connectivity index (χ3n) is 1.74. The van der Waals surface area contributed by atoms with Gasteiger partial charge in [-0.25, -0.2) is 0 Å². The molecule has 5 heteroatoms. The fraction of sp³-hybridized carbons (Fsp3) is 0.375. The van der Waals surface area contributed by atoms with Crippen molar-refractivity contribution < 1.29 is 14.3 Å². The second-order valence-electron chi connectivity index (χ2n) is 2.71. The molecule has 0 fully saturated rings. The fourth-order valence-electron chi connectivity index (χ4n) is 1.20. The van der Waals surface area contributed by atoms with Crippen LogP contribution in [0.5, 0.6) is 11.5 Å². The first-order valence-corrected chi connectivity index (χ1v) is 4.70. The minimum Gasteiger partial charge on any atom is -0.484 e. The predicted molar refractivity (Wildman–Crippen MR) is 49.7 cm³/mol. The zero-order valence-electron chi connectivity index (χ0n) is 7.12. The van der Waals surface area contributed by atoms with Crippen LogP contribution in [-0.2, 0) is 0 Å². The van der Waals surface area contributed by atoms with Crippen LogP contribution < -0.4 is 15.2 Å². The van der Waals surface area contributed by atoms with Crippen LogP contribution in [0.3, 0.4) is 0 Å². The van der Waals surface area contributed by atoms with E-state index in [4.69, 9.17) is 15.2 Å². The van der Waals surface area contributed by atoms with Gasteiger partial charge in [-0.1, -0.05) is 0 Å². The van der Waals surface area contributed by atoms with Crippen molar-refractivity contribution in [1.82, 2.24) is 0 Å². The lowest BCUT2D eigenvalue weighted by molar-refractivity contribution is 0.101. The highest BCUT2D eigenvalue weighted by molar-refractivity contribution is 7.18. The second-order valence-corrected chi connectivity index (χ2v) is 3.76. The average Bonchev–Trinajstić information content (AvgIpc) is 2.45. The normalized spacial score (nSPS) is 14.2. The SMILES string of the molecule is CC(=O)c1sc(N)c2c1OCCO2. The summed E-state index contributed by atoms with van der Waals surface area (Å²) < 4.78 is 10.6. The highest BCUT2D eigenvalue weighted by atomic mass is 32.1. The zero-order valence-corrected chi connectivity index (χ0v) is 7.94. The number of thiophene rings is 1. The minimum atomic E-state index is -0.0385. The van der Waals surface area contributed by atoms with Crippen LogP contribution >= 0.6 is 11.3 Å². The zero-order chi connectivity index (χ0) is 9.42. The van der Waals surface area contributed by atoms with Gasteiger partial charge in [0.2, 0.25) is 0 Å². The molecule has 4 nitrogen and oxygen atoms in total. The van der Waals surface area contributed by atoms with Gasteiger partial charge < -0.3 is 15.2 Å². The van der Waals surface area contributed by atoms with E-state index in [0.29, 0.717) is 34.6 Å². The van der Waals surface area contributed by atoms with Crippen molar-refractivity contribution in [1.29, 1.82) is 0 Å². The number of hydrogen-bond acceptors (Lipinski definition) is 5. The lowest BCUT2D eigenvalue weighted by Crippen LogP contribution is -2.15. The molecule has 1 aliphatic heterocycles. The molecule has 0 aliphatic carbocycles. The molecule has 0 saturated heterocycles. The number of Topliss-reactive ketones (excluding diaryl/α,β-unsaturated/α-hetero) is 1. The molecule has 0 saturated carbocycles. The molecule has 2 rings (SSSR count). The molecule has 1 aromatic rings. The van der Waals surface area contributed by atoms with E-state index in [1.54, 1.807) is 0 Å². The van der Waals surface area contributed by atoms with E-state index in [1.165, 1.54) is 18.3 Å². The third-order valence-corrected chi connectivity index (χ3v) is 2.83. The summed E-state index contributed by atoms with van der Waals surface area (Å²) in [6.07, 6.45) is 0. The molecular weight excluding hydrogens is 190 g/mol. The maximum atomic E-state index is 11.1. The van der Waals surface area contributed by atoms with Crippen molar-refractivity contribution >= 4 is 22.1 Å².